The first-order valence-electron chi connectivity index (χ1n) is 7.62. The summed E-state index contributed by atoms with van der Waals surface area (Å²) in [6.45, 7) is 4.52. The zero-order chi connectivity index (χ0) is 14.5. The van der Waals surface area contributed by atoms with Gasteiger partial charge >= 0.3 is 0 Å². The van der Waals surface area contributed by atoms with Crippen LogP contribution >= 0.6 is 0 Å². The largest absolute Gasteiger partial charge is 0.382 e. The van der Waals surface area contributed by atoms with E-state index in [0.717, 1.165) is 18.0 Å². The van der Waals surface area contributed by atoms with Crippen LogP contribution in [0.4, 0.5) is 5.69 Å². The molecule has 21 heavy (non-hydrogen) atoms. The van der Waals surface area contributed by atoms with Crippen molar-refractivity contribution < 1.29 is 4.84 Å². The van der Waals surface area contributed by atoms with Gasteiger partial charge in [-0.25, -0.2) is 5.48 Å². The monoisotopic (exact) mass is 282 g/mol. The van der Waals surface area contributed by atoms with Crippen LogP contribution in [0, 0.1) is 0 Å². The van der Waals surface area contributed by atoms with Gasteiger partial charge in [-0.05, 0) is 56.1 Å². The van der Waals surface area contributed by atoms with Gasteiger partial charge < -0.3 is 4.84 Å². The quantitative estimate of drug-likeness (QED) is 0.836. The molecule has 2 aromatic rings. The highest BCUT2D eigenvalue weighted by molar-refractivity contribution is 5.41. The van der Waals surface area contributed by atoms with Crippen molar-refractivity contribution >= 4 is 5.69 Å². The van der Waals surface area contributed by atoms with E-state index in [-0.39, 0.29) is 0 Å². The lowest BCUT2D eigenvalue weighted by Crippen LogP contribution is -2.26. The third kappa shape index (κ3) is 3.76. The number of nitrogens with one attached hydrogen (secondary N) is 1. The van der Waals surface area contributed by atoms with Gasteiger partial charge in [0.25, 0.3) is 0 Å². The molecule has 3 nitrogen and oxygen atoms in total. The van der Waals surface area contributed by atoms with Crippen LogP contribution in [0.1, 0.15) is 25.3 Å². The number of rotatable bonds is 5. The molecule has 1 unspecified atom stereocenters. The minimum absolute atomic E-state index is 0.692. The standard InChI is InChI=1S/C18H22N2O/c1-15-7-6-12-20(15)14-16-8-5-11-18(13-16)21-19-17-9-3-2-4-10-17/h2-5,8-11,13,15,19H,6-7,12,14H2,1H3. The maximum Gasteiger partial charge on any atom is 0.155 e. The van der Waals surface area contributed by atoms with Crippen LogP contribution in [0.15, 0.2) is 54.6 Å². The summed E-state index contributed by atoms with van der Waals surface area (Å²) < 4.78 is 0. The second-order valence-corrected chi connectivity index (χ2v) is 5.68. The Kier molecular flexibility index (Phi) is 4.41. The number of para-hydroxylation sites is 1. The van der Waals surface area contributed by atoms with E-state index in [1.165, 1.54) is 24.9 Å². The molecule has 1 N–H and O–H groups in total. The molecule has 0 aromatic heterocycles. The molecule has 1 atom stereocenters. The fourth-order valence-corrected chi connectivity index (χ4v) is 2.79. The van der Waals surface area contributed by atoms with Crippen LogP contribution in [0.5, 0.6) is 5.75 Å². The van der Waals surface area contributed by atoms with Crippen LogP contribution in [0.2, 0.25) is 0 Å². The van der Waals surface area contributed by atoms with Gasteiger partial charge in [-0.1, -0.05) is 30.3 Å². The maximum atomic E-state index is 5.66. The lowest BCUT2D eigenvalue weighted by molar-refractivity contribution is 0.260. The Hall–Kier alpha value is -2.00. The molecular weight excluding hydrogens is 260 g/mol. The Labute approximate surface area is 126 Å². The molecule has 2 aromatic carbocycles. The summed E-state index contributed by atoms with van der Waals surface area (Å²) in [4.78, 5) is 8.19. The van der Waals surface area contributed by atoms with Crippen molar-refractivity contribution in [1.82, 2.24) is 4.90 Å². The first-order valence-corrected chi connectivity index (χ1v) is 7.62. The van der Waals surface area contributed by atoms with Gasteiger partial charge in [0.05, 0.1) is 5.69 Å². The van der Waals surface area contributed by atoms with Crippen LogP contribution in [-0.2, 0) is 6.54 Å². The van der Waals surface area contributed by atoms with E-state index in [4.69, 9.17) is 4.84 Å². The van der Waals surface area contributed by atoms with Crippen molar-refractivity contribution in [1.29, 1.82) is 0 Å². The van der Waals surface area contributed by atoms with Crippen molar-refractivity contribution in [3.63, 3.8) is 0 Å². The van der Waals surface area contributed by atoms with E-state index >= 15 is 0 Å². The smallest absolute Gasteiger partial charge is 0.155 e. The molecule has 1 heterocycles. The average Bonchev–Trinajstić information content (AvgIpc) is 2.92. The number of hydrogen-bond acceptors (Lipinski definition) is 3. The number of benzene rings is 2. The van der Waals surface area contributed by atoms with E-state index in [9.17, 15) is 0 Å². The van der Waals surface area contributed by atoms with Gasteiger partial charge in [0.15, 0.2) is 5.75 Å². The molecule has 110 valence electrons. The summed E-state index contributed by atoms with van der Waals surface area (Å²) in [6, 6.07) is 18.9. The predicted octanol–water partition coefficient (Wildman–Crippen LogP) is 4.08. The highest BCUT2D eigenvalue weighted by Gasteiger charge is 2.19. The van der Waals surface area contributed by atoms with E-state index in [2.05, 4.69) is 35.5 Å². The van der Waals surface area contributed by atoms with Gasteiger partial charge in [-0.3, -0.25) is 4.90 Å². The van der Waals surface area contributed by atoms with Gasteiger partial charge in [0.2, 0.25) is 0 Å². The predicted molar refractivity (Wildman–Crippen MR) is 86.2 cm³/mol. The third-order valence-corrected chi connectivity index (χ3v) is 4.04. The Morgan fingerprint density at radius 3 is 2.76 bits per heavy atom. The summed E-state index contributed by atoms with van der Waals surface area (Å²) in [7, 11) is 0. The number of hydrogen-bond donors (Lipinski definition) is 1. The number of nitrogens with zero attached hydrogens (tertiary/aromatic N) is 1. The lowest BCUT2D eigenvalue weighted by Gasteiger charge is -2.21. The lowest BCUT2D eigenvalue weighted by atomic mass is 10.2. The molecule has 1 saturated heterocycles. The van der Waals surface area contributed by atoms with Crippen LogP contribution in [0.3, 0.4) is 0 Å². The Morgan fingerprint density at radius 2 is 2.00 bits per heavy atom. The van der Waals surface area contributed by atoms with E-state index in [1.807, 2.05) is 36.4 Å². The third-order valence-electron chi connectivity index (χ3n) is 4.04. The Bertz CT molecular complexity index is 570. The summed E-state index contributed by atoms with van der Waals surface area (Å²) >= 11 is 0. The summed E-state index contributed by atoms with van der Waals surface area (Å²) in [5.74, 6) is 0.850. The van der Waals surface area contributed by atoms with Crippen LogP contribution < -0.4 is 10.3 Å². The Morgan fingerprint density at radius 1 is 1.14 bits per heavy atom. The summed E-state index contributed by atoms with van der Waals surface area (Å²) in [6.07, 6.45) is 2.62. The number of likely N-dealkylation sites (tertiary alicyclic amines) is 1. The minimum Gasteiger partial charge on any atom is -0.382 e. The zero-order valence-corrected chi connectivity index (χ0v) is 12.5. The van der Waals surface area contributed by atoms with Crippen molar-refractivity contribution in [3.8, 4) is 5.75 Å². The van der Waals surface area contributed by atoms with Gasteiger partial charge in [-0.2, -0.15) is 0 Å². The fourth-order valence-electron chi connectivity index (χ4n) is 2.79. The van der Waals surface area contributed by atoms with Crippen molar-refractivity contribution in [2.45, 2.75) is 32.4 Å². The molecule has 0 bridgehead atoms. The highest BCUT2D eigenvalue weighted by atomic mass is 16.6. The van der Waals surface area contributed by atoms with Crippen molar-refractivity contribution in [2.24, 2.45) is 0 Å². The van der Waals surface area contributed by atoms with Gasteiger partial charge in [0.1, 0.15) is 0 Å². The second-order valence-electron chi connectivity index (χ2n) is 5.68. The van der Waals surface area contributed by atoms with E-state index < -0.39 is 0 Å². The second kappa shape index (κ2) is 6.64. The Balaban J connectivity index is 1.60. The molecule has 0 radical (unpaired) electrons. The van der Waals surface area contributed by atoms with E-state index in [0.29, 0.717) is 6.04 Å². The first kappa shape index (κ1) is 14.0. The molecule has 3 rings (SSSR count). The molecule has 3 heteroatoms. The van der Waals surface area contributed by atoms with Crippen LogP contribution in [0.25, 0.3) is 0 Å². The number of anilines is 1. The molecule has 0 amide bonds. The van der Waals surface area contributed by atoms with Crippen LogP contribution in [-0.4, -0.2) is 17.5 Å². The highest BCUT2D eigenvalue weighted by Crippen LogP contribution is 2.21. The molecule has 0 spiro atoms. The van der Waals surface area contributed by atoms with Crippen molar-refractivity contribution in [2.75, 3.05) is 12.0 Å². The topological polar surface area (TPSA) is 24.5 Å². The minimum atomic E-state index is 0.692. The SMILES string of the molecule is CC1CCCN1Cc1cccc(ONc2ccccc2)c1. The van der Waals surface area contributed by atoms with Gasteiger partial charge in [0, 0.05) is 12.6 Å². The van der Waals surface area contributed by atoms with E-state index in [1.54, 1.807) is 0 Å². The molecular formula is C18H22N2O. The average molecular weight is 282 g/mol. The van der Waals surface area contributed by atoms with Gasteiger partial charge in [-0.15, -0.1) is 0 Å². The summed E-state index contributed by atoms with van der Waals surface area (Å²) in [5, 5.41) is 0. The molecule has 1 aliphatic heterocycles. The molecule has 0 saturated carbocycles. The first-order chi connectivity index (χ1) is 10.3. The summed E-state index contributed by atoms with van der Waals surface area (Å²) in [5.41, 5.74) is 5.23. The maximum absolute atomic E-state index is 5.66. The molecule has 1 fully saturated rings. The molecule has 1 aliphatic rings. The fraction of sp³-hybridized carbons (Fsp3) is 0.333. The molecule has 0 aliphatic carbocycles. The normalized spacial score (nSPS) is 18.6. The zero-order valence-electron chi connectivity index (χ0n) is 12.5. The van der Waals surface area contributed by atoms with Crippen molar-refractivity contribution in [3.05, 3.63) is 60.2 Å².